The SMILES string of the molecule is c1ccc(N(c2ccc3c(c2)C2(CC4CCC2C4)c2ccccc2-3)c2ccc3sc4ccccc4c3c2)cc1. The molecule has 0 radical (unpaired) electrons. The lowest BCUT2D eigenvalue weighted by Crippen LogP contribution is -2.31. The number of rotatable bonds is 3. The van der Waals surface area contributed by atoms with Crippen molar-refractivity contribution in [2.24, 2.45) is 11.8 Å². The second-order valence-electron chi connectivity index (χ2n) is 11.8. The van der Waals surface area contributed by atoms with E-state index in [1.807, 2.05) is 11.3 Å². The second-order valence-corrected chi connectivity index (χ2v) is 12.9. The van der Waals surface area contributed by atoms with E-state index in [1.165, 1.54) is 74.0 Å². The number of anilines is 3. The van der Waals surface area contributed by atoms with Crippen LogP contribution in [0.5, 0.6) is 0 Å². The van der Waals surface area contributed by atoms with Crippen LogP contribution in [0.4, 0.5) is 17.1 Å². The molecule has 2 bridgehead atoms. The number of fused-ring (bicyclic) bond motifs is 11. The first-order chi connectivity index (χ1) is 19.3. The fourth-order valence-corrected chi connectivity index (χ4v) is 9.48. The largest absolute Gasteiger partial charge is 0.310 e. The smallest absolute Gasteiger partial charge is 0.0468 e. The van der Waals surface area contributed by atoms with E-state index in [0.29, 0.717) is 0 Å². The molecule has 39 heavy (non-hydrogen) atoms. The first-order valence-electron chi connectivity index (χ1n) is 14.3. The van der Waals surface area contributed by atoms with E-state index in [2.05, 4.69) is 120 Å². The van der Waals surface area contributed by atoms with Gasteiger partial charge in [-0.05, 0) is 102 Å². The lowest BCUT2D eigenvalue weighted by Gasteiger charge is -2.37. The average Bonchev–Trinajstić information content (AvgIpc) is 3.76. The molecule has 2 heteroatoms. The third kappa shape index (κ3) is 3.01. The maximum absolute atomic E-state index is 2.55. The average molecular weight is 520 g/mol. The summed E-state index contributed by atoms with van der Waals surface area (Å²) in [4.78, 5) is 2.47. The van der Waals surface area contributed by atoms with Crippen molar-refractivity contribution in [3.63, 3.8) is 0 Å². The fourth-order valence-electron chi connectivity index (χ4n) is 8.39. The highest BCUT2D eigenvalue weighted by Crippen LogP contribution is 2.66. The number of thiophene rings is 1. The summed E-state index contributed by atoms with van der Waals surface area (Å²) in [5, 5.41) is 2.69. The van der Waals surface area contributed by atoms with Gasteiger partial charge in [0.1, 0.15) is 0 Å². The predicted molar refractivity (Wildman–Crippen MR) is 166 cm³/mol. The molecule has 1 aromatic heterocycles. The molecule has 3 atom stereocenters. The molecule has 0 amide bonds. The molecule has 3 aliphatic rings. The Morgan fingerprint density at radius 3 is 2.21 bits per heavy atom. The molecule has 0 saturated heterocycles. The molecule has 3 unspecified atom stereocenters. The van der Waals surface area contributed by atoms with Gasteiger partial charge < -0.3 is 4.90 Å². The molecule has 1 spiro atoms. The van der Waals surface area contributed by atoms with Crippen LogP contribution in [0.1, 0.15) is 36.8 Å². The zero-order valence-electron chi connectivity index (χ0n) is 21.8. The summed E-state index contributed by atoms with van der Waals surface area (Å²) >= 11 is 1.88. The maximum Gasteiger partial charge on any atom is 0.0468 e. The van der Waals surface area contributed by atoms with E-state index in [-0.39, 0.29) is 5.41 Å². The van der Waals surface area contributed by atoms with E-state index in [9.17, 15) is 0 Å². The van der Waals surface area contributed by atoms with Gasteiger partial charge in [0.05, 0.1) is 0 Å². The molecule has 1 heterocycles. The number of benzene rings is 5. The van der Waals surface area contributed by atoms with Crippen LogP contribution in [-0.2, 0) is 5.41 Å². The molecule has 1 nitrogen and oxygen atoms in total. The second kappa shape index (κ2) is 8.07. The minimum atomic E-state index is 0.181. The maximum atomic E-state index is 2.55. The third-order valence-electron chi connectivity index (χ3n) is 9.92. The molecule has 188 valence electrons. The summed E-state index contributed by atoms with van der Waals surface area (Å²) in [6, 6.07) is 43.3. The van der Waals surface area contributed by atoms with E-state index in [1.54, 1.807) is 11.1 Å². The Hall–Kier alpha value is -3.88. The molecule has 0 N–H and O–H groups in total. The Morgan fingerprint density at radius 1 is 0.590 bits per heavy atom. The summed E-state index contributed by atoms with van der Waals surface area (Å²) in [5.74, 6) is 1.64. The summed E-state index contributed by atoms with van der Waals surface area (Å²) in [6.45, 7) is 0. The lowest BCUT2D eigenvalue weighted by molar-refractivity contribution is 0.327. The van der Waals surface area contributed by atoms with E-state index < -0.39 is 0 Å². The highest BCUT2D eigenvalue weighted by Gasteiger charge is 2.56. The van der Waals surface area contributed by atoms with Gasteiger partial charge in [0.2, 0.25) is 0 Å². The normalized spacial score (nSPS) is 22.6. The Balaban J connectivity index is 1.27. The molecular weight excluding hydrogens is 490 g/mol. The van der Waals surface area contributed by atoms with Crippen LogP contribution in [0, 0.1) is 11.8 Å². The van der Waals surface area contributed by atoms with Crippen molar-refractivity contribution in [2.75, 3.05) is 4.90 Å². The Morgan fingerprint density at radius 2 is 1.33 bits per heavy atom. The third-order valence-corrected chi connectivity index (χ3v) is 11.1. The van der Waals surface area contributed by atoms with Crippen LogP contribution in [0.2, 0.25) is 0 Å². The van der Waals surface area contributed by atoms with Gasteiger partial charge in [0.25, 0.3) is 0 Å². The Kier molecular flexibility index (Phi) is 4.55. The zero-order chi connectivity index (χ0) is 25.6. The van der Waals surface area contributed by atoms with Crippen molar-refractivity contribution >= 4 is 48.6 Å². The molecule has 5 aromatic carbocycles. The zero-order valence-corrected chi connectivity index (χ0v) is 22.6. The summed E-state index contributed by atoms with van der Waals surface area (Å²) in [6.07, 6.45) is 5.48. The Labute approximate surface area is 233 Å². The summed E-state index contributed by atoms with van der Waals surface area (Å²) in [7, 11) is 0. The number of nitrogens with zero attached hydrogens (tertiary/aromatic N) is 1. The van der Waals surface area contributed by atoms with Crippen molar-refractivity contribution < 1.29 is 0 Å². The number of para-hydroxylation sites is 1. The highest BCUT2D eigenvalue weighted by molar-refractivity contribution is 7.25. The predicted octanol–water partition coefficient (Wildman–Crippen LogP) is 10.6. The standard InChI is InChI=1S/C37H29NS/c1-2-8-26(9-3-1)38(27-17-19-36-32(21-27)31-11-5-7-13-35(31)39-36)28-16-18-30-29-10-4-6-12-33(29)37(34(30)22-28)23-24-14-15-25(37)20-24/h1-13,16-19,21-22,24-25H,14-15,20,23H2. The lowest BCUT2D eigenvalue weighted by atomic mass is 9.67. The molecule has 9 rings (SSSR count). The van der Waals surface area contributed by atoms with Crippen LogP contribution in [0.3, 0.4) is 0 Å². The minimum absolute atomic E-state index is 0.181. The van der Waals surface area contributed by atoms with E-state index in [4.69, 9.17) is 0 Å². The van der Waals surface area contributed by atoms with E-state index >= 15 is 0 Å². The molecular formula is C37H29NS. The van der Waals surface area contributed by atoms with Gasteiger partial charge in [-0.25, -0.2) is 0 Å². The van der Waals surface area contributed by atoms with Gasteiger partial charge in [0.15, 0.2) is 0 Å². The molecule has 6 aromatic rings. The number of hydrogen-bond acceptors (Lipinski definition) is 2. The Bertz CT molecular complexity index is 1900. The van der Waals surface area contributed by atoms with Crippen LogP contribution >= 0.6 is 11.3 Å². The monoisotopic (exact) mass is 519 g/mol. The van der Waals surface area contributed by atoms with Crippen LogP contribution in [0.25, 0.3) is 31.3 Å². The molecule has 2 saturated carbocycles. The minimum Gasteiger partial charge on any atom is -0.310 e. The van der Waals surface area contributed by atoms with Gasteiger partial charge in [-0.1, -0.05) is 73.2 Å². The van der Waals surface area contributed by atoms with Crippen molar-refractivity contribution in [3.8, 4) is 11.1 Å². The number of hydrogen-bond donors (Lipinski definition) is 0. The summed E-state index contributed by atoms with van der Waals surface area (Å²) in [5.41, 5.74) is 9.93. The first-order valence-corrected chi connectivity index (χ1v) is 15.1. The van der Waals surface area contributed by atoms with Crippen molar-refractivity contribution in [1.82, 2.24) is 0 Å². The van der Waals surface area contributed by atoms with Crippen molar-refractivity contribution in [1.29, 1.82) is 0 Å². The fraction of sp³-hybridized carbons (Fsp3) is 0.189. The highest BCUT2D eigenvalue weighted by atomic mass is 32.1. The van der Waals surface area contributed by atoms with Gasteiger partial charge >= 0.3 is 0 Å². The first kappa shape index (κ1) is 22.0. The van der Waals surface area contributed by atoms with Crippen LogP contribution in [-0.4, -0.2) is 0 Å². The van der Waals surface area contributed by atoms with Crippen molar-refractivity contribution in [2.45, 2.75) is 31.1 Å². The van der Waals surface area contributed by atoms with Gasteiger partial charge in [-0.2, -0.15) is 0 Å². The quantitative estimate of drug-likeness (QED) is 0.225. The van der Waals surface area contributed by atoms with Gasteiger partial charge in [0, 0.05) is 42.6 Å². The molecule has 0 aliphatic heterocycles. The van der Waals surface area contributed by atoms with Crippen molar-refractivity contribution in [3.05, 3.63) is 126 Å². The van der Waals surface area contributed by atoms with Gasteiger partial charge in [-0.15, -0.1) is 11.3 Å². The van der Waals surface area contributed by atoms with E-state index in [0.717, 1.165) is 11.8 Å². The topological polar surface area (TPSA) is 3.24 Å². The summed E-state index contributed by atoms with van der Waals surface area (Å²) < 4.78 is 2.70. The van der Waals surface area contributed by atoms with Crippen LogP contribution < -0.4 is 4.90 Å². The van der Waals surface area contributed by atoms with Gasteiger partial charge in [-0.3, -0.25) is 0 Å². The molecule has 2 fully saturated rings. The van der Waals surface area contributed by atoms with Crippen LogP contribution in [0.15, 0.2) is 115 Å². The molecule has 3 aliphatic carbocycles.